The van der Waals surface area contributed by atoms with E-state index in [4.69, 9.17) is 0 Å². The van der Waals surface area contributed by atoms with Gasteiger partial charge >= 0.3 is 0 Å². The van der Waals surface area contributed by atoms with Crippen LogP contribution in [0.4, 0.5) is 0 Å². The van der Waals surface area contributed by atoms with Crippen LogP contribution in [0.15, 0.2) is 4.99 Å². The Balaban J connectivity index is 2.14. The van der Waals surface area contributed by atoms with Gasteiger partial charge < -0.3 is 0 Å². The minimum absolute atomic E-state index is 0.121. The molecule has 2 aliphatic carbocycles. The maximum Gasteiger partial charge on any atom is 0.150 e. The number of sulfone groups is 1. The third-order valence-electron chi connectivity index (χ3n) is 3.52. The molecule has 14 heavy (non-hydrogen) atoms. The van der Waals surface area contributed by atoms with Gasteiger partial charge in [0.15, 0.2) is 9.84 Å². The van der Waals surface area contributed by atoms with Crippen LogP contribution in [0.5, 0.6) is 0 Å². The molecule has 0 aromatic carbocycles. The highest BCUT2D eigenvalue weighted by molar-refractivity contribution is 7.91. The molecule has 4 atom stereocenters. The van der Waals surface area contributed by atoms with Crippen molar-refractivity contribution in [3.05, 3.63) is 0 Å². The lowest BCUT2D eigenvalue weighted by Gasteiger charge is -2.23. The lowest BCUT2D eigenvalue weighted by Crippen LogP contribution is -2.30. The fraction of sp³-hybridized carbons (Fsp3) is 0.889. The SMILES string of the molecule is CS(=O)(=O)C1CC2CC1CC2N=C=S. The first-order valence-electron chi connectivity index (χ1n) is 4.78. The molecule has 0 aromatic heterocycles. The van der Waals surface area contributed by atoms with Gasteiger partial charge in [0, 0.05) is 6.26 Å². The second kappa shape index (κ2) is 3.40. The number of hydrogen-bond donors (Lipinski definition) is 0. The molecule has 0 spiro atoms. The highest BCUT2D eigenvalue weighted by atomic mass is 32.2. The molecular formula is C9H13NO2S2. The summed E-state index contributed by atoms with van der Waals surface area (Å²) in [6, 6.07) is 0.246. The van der Waals surface area contributed by atoms with Crippen molar-refractivity contribution in [2.45, 2.75) is 30.6 Å². The molecule has 5 heteroatoms. The smallest absolute Gasteiger partial charge is 0.150 e. The zero-order valence-corrected chi connectivity index (χ0v) is 9.64. The van der Waals surface area contributed by atoms with Gasteiger partial charge in [0.25, 0.3) is 0 Å². The monoisotopic (exact) mass is 231 g/mol. The van der Waals surface area contributed by atoms with Crippen molar-refractivity contribution in [2.24, 2.45) is 16.8 Å². The molecule has 2 rings (SSSR count). The van der Waals surface area contributed by atoms with Crippen LogP contribution in [0.1, 0.15) is 19.3 Å². The molecule has 4 unspecified atom stereocenters. The van der Waals surface area contributed by atoms with Crippen molar-refractivity contribution >= 4 is 27.2 Å². The summed E-state index contributed by atoms with van der Waals surface area (Å²) in [6.45, 7) is 0. The quantitative estimate of drug-likeness (QED) is 0.531. The first-order chi connectivity index (χ1) is 6.52. The molecule has 78 valence electrons. The van der Waals surface area contributed by atoms with Crippen LogP contribution in [0.25, 0.3) is 0 Å². The Morgan fingerprint density at radius 3 is 2.43 bits per heavy atom. The van der Waals surface area contributed by atoms with E-state index >= 15 is 0 Å². The summed E-state index contributed by atoms with van der Waals surface area (Å²) in [7, 11) is -2.86. The topological polar surface area (TPSA) is 46.5 Å². The van der Waals surface area contributed by atoms with Gasteiger partial charge in [0.05, 0.1) is 16.5 Å². The summed E-state index contributed by atoms with van der Waals surface area (Å²) in [5.74, 6) is 0.738. The van der Waals surface area contributed by atoms with Crippen LogP contribution < -0.4 is 0 Å². The van der Waals surface area contributed by atoms with Crippen LogP contribution in [-0.2, 0) is 9.84 Å². The van der Waals surface area contributed by atoms with Crippen molar-refractivity contribution in [2.75, 3.05) is 6.26 Å². The van der Waals surface area contributed by atoms with E-state index in [9.17, 15) is 8.42 Å². The van der Waals surface area contributed by atoms with Crippen LogP contribution in [0.2, 0.25) is 0 Å². The standard InChI is InChI=1S/C9H13NO2S2/c1-14(11,12)9-4-6-2-7(9)3-8(6)10-5-13/h6-9H,2-4H2,1H3. The van der Waals surface area contributed by atoms with E-state index in [1.54, 1.807) is 0 Å². The van der Waals surface area contributed by atoms with Gasteiger partial charge in [-0.3, -0.25) is 0 Å². The van der Waals surface area contributed by atoms with E-state index in [1.807, 2.05) is 0 Å². The highest BCUT2D eigenvalue weighted by Gasteiger charge is 2.49. The Morgan fingerprint density at radius 2 is 2.00 bits per heavy atom. The fourth-order valence-electron chi connectivity index (χ4n) is 2.94. The Morgan fingerprint density at radius 1 is 1.29 bits per heavy atom. The predicted octanol–water partition coefficient (Wildman–Crippen LogP) is 1.30. The average Bonchev–Trinajstić information content (AvgIpc) is 2.61. The Hall–Kier alpha value is -0.250. The molecule has 2 fully saturated rings. The number of rotatable bonds is 2. The van der Waals surface area contributed by atoms with Crippen LogP contribution >= 0.6 is 12.2 Å². The van der Waals surface area contributed by atoms with Crippen LogP contribution in [0.3, 0.4) is 0 Å². The average molecular weight is 231 g/mol. The number of hydrogen-bond acceptors (Lipinski definition) is 4. The van der Waals surface area contributed by atoms with Gasteiger partial charge in [-0.2, -0.15) is 0 Å². The van der Waals surface area contributed by atoms with Gasteiger partial charge in [-0.1, -0.05) is 0 Å². The maximum atomic E-state index is 11.4. The Labute approximate surface area is 89.5 Å². The van der Waals surface area contributed by atoms with E-state index in [1.165, 1.54) is 6.26 Å². The largest absolute Gasteiger partial charge is 0.229 e. The van der Waals surface area contributed by atoms with Crippen molar-refractivity contribution in [3.63, 3.8) is 0 Å². The minimum atomic E-state index is -2.86. The van der Waals surface area contributed by atoms with Crippen molar-refractivity contribution in [3.8, 4) is 0 Å². The molecule has 0 amide bonds. The molecule has 3 nitrogen and oxygen atoms in total. The molecule has 0 N–H and O–H groups in total. The molecule has 0 saturated heterocycles. The summed E-state index contributed by atoms with van der Waals surface area (Å²) < 4.78 is 22.8. The second-order valence-corrected chi connectivity index (χ2v) is 6.83. The summed E-state index contributed by atoms with van der Waals surface area (Å²) in [6.07, 6.45) is 4.00. The third kappa shape index (κ3) is 1.64. The van der Waals surface area contributed by atoms with E-state index in [0.29, 0.717) is 11.8 Å². The van der Waals surface area contributed by atoms with Gasteiger partial charge in [0.2, 0.25) is 0 Å². The van der Waals surface area contributed by atoms with Crippen molar-refractivity contribution < 1.29 is 8.42 Å². The van der Waals surface area contributed by atoms with Crippen LogP contribution in [0, 0.1) is 11.8 Å². The summed E-state index contributed by atoms with van der Waals surface area (Å²) in [5, 5.41) is 2.29. The number of aliphatic imine (C=N–C) groups is 1. The molecule has 2 saturated carbocycles. The molecule has 0 aliphatic heterocycles. The first kappa shape index (κ1) is 10.3. The zero-order chi connectivity index (χ0) is 10.3. The summed E-state index contributed by atoms with van der Waals surface area (Å²) >= 11 is 4.57. The number of isothiocyanates is 1. The molecule has 2 aliphatic rings. The molecule has 2 bridgehead atoms. The molecule has 0 radical (unpaired) electrons. The second-order valence-electron chi connectivity index (χ2n) is 4.38. The van der Waals surface area contributed by atoms with Gasteiger partial charge in [0.1, 0.15) is 0 Å². The number of fused-ring (bicyclic) bond motifs is 2. The van der Waals surface area contributed by atoms with E-state index in [0.717, 1.165) is 19.3 Å². The molecule has 0 heterocycles. The lowest BCUT2D eigenvalue weighted by atomic mass is 9.95. The van der Waals surface area contributed by atoms with Crippen molar-refractivity contribution in [1.82, 2.24) is 0 Å². The summed E-state index contributed by atoms with van der Waals surface area (Å²) in [5.41, 5.74) is 0. The van der Waals surface area contributed by atoms with Crippen LogP contribution in [-0.4, -0.2) is 31.1 Å². The van der Waals surface area contributed by atoms with Gasteiger partial charge in [-0.25, -0.2) is 13.4 Å². The van der Waals surface area contributed by atoms with Gasteiger partial charge in [-0.05, 0) is 43.3 Å². The minimum Gasteiger partial charge on any atom is -0.229 e. The molecule has 0 aromatic rings. The summed E-state index contributed by atoms with van der Waals surface area (Å²) in [4.78, 5) is 4.09. The van der Waals surface area contributed by atoms with Crippen molar-refractivity contribution in [1.29, 1.82) is 0 Å². The Bertz CT molecular complexity index is 384. The predicted molar refractivity (Wildman–Crippen MR) is 58.3 cm³/mol. The maximum absolute atomic E-state index is 11.4. The fourth-order valence-corrected chi connectivity index (χ4v) is 4.60. The number of thiocarbonyl (C=S) groups is 1. The van der Waals surface area contributed by atoms with E-state index in [-0.39, 0.29) is 11.3 Å². The normalized spacial score (nSPS) is 40.9. The third-order valence-corrected chi connectivity index (χ3v) is 5.31. The lowest BCUT2D eigenvalue weighted by molar-refractivity contribution is 0.417. The van der Waals surface area contributed by atoms with Gasteiger partial charge in [-0.15, -0.1) is 0 Å². The molecular weight excluding hydrogens is 218 g/mol. The van der Waals surface area contributed by atoms with E-state index in [2.05, 4.69) is 22.4 Å². The highest BCUT2D eigenvalue weighted by Crippen LogP contribution is 2.48. The number of nitrogens with zero attached hydrogens (tertiary/aromatic N) is 1. The zero-order valence-electron chi connectivity index (χ0n) is 8.01. The van der Waals surface area contributed by atoms with E-state index < -0.39 is 9.84 Å². The first-order valence-corrected chi connectivity index (χ1v) is 7.14. The Kier molecular flexibility index (Phi) is 2.50.